The lowest BCUT2D eigenvalue weighted by molar-refractivity contribution is -0.134. The monoisotopic (exact) mass is 324 g/mol. The third kappa shape index (κ3) is 2.72. The summed E-state index contributed by atoms with van der Waals surface area (Å²) in [4.78, 5) is 25.6. The van der Waals surface area contributed by atoms with Gasteiger partial charge in [-0.05, 0) is 37.3 Å². The number of carbonyl (C=O) groups is 1. The van der Waals surface area contributed by atoms with Crippen molar-refractivity contribution in [3.63, 3.8) is 0 Å². The van der Waals surface area contributed by atoms with E-state index in [-0.39, 0.29) is 5.92 Å². The zero-order valence-electron chi connectivity index (χ0n) is 14.4. The minimum Gasteiger partial charge on any atom is -0.356 e. The third-order valence-electron chi connectivity index (χ3n) is 5.61. The first-order valence-corrected chi connectivity index (χ1v) is 8.86. The molecule has 2 aliphatic rings. The van der Waals surface area contributed by atoms with Gasteiger partial charge in [-0.1, -0.05) is 19.1 Å². The van der Waals surface area contributed by atoms with Gasteiger partial charge in [0.15, 0.2) is 0 Å². The molecule has 0 bridgehead atoms. The topological polar surface area (TPSA) is 49.3 Å². The van der Waals surface area contributed by atoms with Crippen LogP contribution in [0.4, 0.5) is 5.82 Å². The first kappa shape index (κ1) is 15.4. The van der Waals surface area contributed by atoms with E-state index in [1.54, 1.807) is 6.33 Å². The Morgan fingerprint density at radius 1 is 1.21 bits per heavy atom. The van der Waals surface area contributed by atoms with Gasteiger partial charge >= 0.3 is 0 Å². The predicted octanol–water partition coefficient (Wildman–Crippen LogP) is 2.71. The minimum absolute atomic E-state index is 0.277. The van der Waals surface area contributed by atoms with Gasteiger partial charge in [-0.25, -0.2) is 9.97 Å². The summed E-state index contributed by atoms with van der Waals surface area (Å²) in [5.74, 6) is 2.21. The van der Waals surface area contributed by atoms with Crippen molar-refractivity contribution in [1.29, 1.82) is 0 Å². The molecule has 1 aromatic carbocycles. The second kappa shape index (κ2) is 6.04. The van der Waals surface area contributed by atoms with Crippen molar-refractivity contribution >= 4 is 22.6 Å². The number of benzene rings is 1. The standard InChI is InChI=1S/C19H24N4O/c1-13-11-16(13)19(24)22(2)14-7-9-23(10-8-14)18-15-5-3-4-6-17(15)20-12-21-18/h3-6,12-14,16H,7-11H2,1-2H3. The average molecular weight is 324 g/mol. The highest BCUT2D eigenvalue weighted by Crippen LogP contribution is 2.39. The highest BCUT2D eigenvalue weighted by Gasteiger charge is 2.42. The quantitative estimate of drug-likeness (QED) is 0.871. The zero-order valence-corrected chi connectivity index (χ0v) is 14.4. The number of hydrogen-bond donors (Lipinski definition) is 0. The number of nitrogens with zero attached hydrogens (tertiary/aromatic N) is 4. The summed E-state index contributed by atoms with van der Waals surface area (Å²) in [6, 6.07) is 8.50. The van der Waals surface area contributed by atoms with Crippen molar-refractivity contribution in [3.8, 4) is 0 Å². The Morgan fingerprint density at radius 2 is 1.92 bits per heavy atom. The first-order valence-electron chi connectivity index (χ1n) is 8.86. The maximum Gasteiger partial charge on any atom is 0.225 e. The van der Waals surface area contributed by atoms with E-state index in [1.807, 2.05) is 30.1 Å². The smallest absolute Gasteiger partial charge is 0.225 e. The number of amides is 1. The molecule has 1 saturated heterocycles. The molecule has 0 spiro atoms. The van der Waals surface area contributed by atoms with Crippen LogP contribution in [-0.2, 0) is 4.79 Å². The van der Waals surface area contributed by atoms with E-state index >= 15 is 0 Å². The molecule has 5 heteroatoms. The van der Waals surface area contributed by atoms with Crippen molar-refractivity contribution < 1.29 is 4.79 Å². The van der Waals surface area contributed by atoms with E-state index in [4.69, 9.17) is 0 Å². The Hall–Kier alpha value is -2.17. The van der Waals surface area contributed by atoms with Gasteiger partial charge in [-0.3, -0.25) is 4.79 Å². The summed E-state index contributed by atoms with van der Waals surface area (Å²) in [5.41, 5.74) is 0.986. The van der Waals surface area contributed by atoms with Crippen LogP contribution in [-0.4, -0.2) is 47.0 Å². The summed E-state index contributed by atoms with van der Waals surface area (Å²) < 4.78 is 0. The molecule has 1 aromatic heterocycles. The van der Waals surface area contributed by atoms with Crippen molar-refractivity contribution in [2.24, 2.45) is 11.8 Å². The van der Waals surface area contributed by atoms with Crippen molar-refractivity contribution in [1.82, 2.24) is 14.9 Å². The molecule has 0 N–H and O–H groups in total. The lowest BCUT2D eigenvalue weighted by Gasteiger charge is -2.37. The normalized spacial score (nSPS) is 24.2. The van der Waals surface area contributed by atoms with Crippen LogP contribution in [0.5, 0.6) is 0 Å². The molecular weight excluding hydrogens is 300 g/mol. The van der Waals surface area contributed by atoms with E-state index in [2.05, 4.69) is 27.9 Å². The number of aromatic nitrogens is 2. The summed E-state index contributed by atoms with van der Waals surface area (Å²) in [5, 5.41) is 1.11. The molecule has 2 heterocycles. The summed E-state index contributed by atoms with van der Waals surface area (Å²) >= 11 is 0. The molecule has 1 saturated carbocycles. The molecule has 5 nitrogen and oxygen atoms in total. The van der Waals surface area contributed by atoms with E-state index < -0.39 is 0 Å². The number of hydrogen-bond acceptors (Lipinski definition) is 4. The SMILES string of the molecule is CC1CC1C(=O)N(C)C1CCN(c2ncnc3ccccc23)CC1. The molecule has 1 aliphatic heterocycles. The van der Waals surface area contributed by atoms with Crippen LogP contribution in [0.1, 0.15) is 26.2 Å². The van der Waals surface area contributed by atoms with Crippen LogP contribution in [0, 0.1) is 11.8 Å². The zero-order chi connectivity index (χ0) is 16.7. The number of carbonyl (C=O) groups excluding carboxylic acids is 1. The molecular formula is C19H24N4O. The van der Waals surface area contributed by atoms with Gasteiger partial charge in [0.2, 0.25) is 5.91 Å². The van der Waals surface area contributed by atoms with Crippen LogP contribution in [0.3, 0.4) is 0 Å². The molecule has 24 heavy (non-hydrogen) atoms. The van der Waals surface area contributed by atoms with E-state index in [1.165, 1.54) is 0 Å². The van der Waals surface area contributed by atoms with Crippen LogP contribution in [0.15, 0.2) is 30.6 Å². The molecule has 0 radical (unpaired) electrons. The number of para-hydroxylation sites is 1. The van der Waals surface area contributed by atoms with E-state index in [0.29, 0.717) is 17.9 Å². The molecule has 4 rings (SSSR count). The van der Waals surface area contributed by atoms with Gasteiger partial charge in [0, 0.05) is 37.5 Å². The lowest BCUT2D eigenvalue weighted by Crippen LogP contribution is -2.46. The van der Waals surface area contributed by atoms with Crippen molar-refractivity contribution in [2.75, 3.05) is 25.0 Å². The lowest BCUT2D eigenvalue weighted by atomic mass is 10.0. The third-order valence-corrected chi connectivity index (χ3v) is 5.61. The molecule has 2 unspecified atom stereocenters. The van der Waals surface area contributed by atoms with Gasteiger partial charge in [-0.2, -0.15) is 0 Å². The first-order chi connectivity index (χ1) is 11.6. The maximum atomic E-state index is 12.4. The fourth-order valence-corrected chi connectivity index (χ4v) is 3.82. The summed E-state index contributed by atoms with van der Waals surface area (Å²) in [6.45, 7) is 4.03. The Morgan fingerprint density at radius 3 is 2.62 bits per heavy atom. The van der Waals surface area contributed by atoms with Crippen LogP contribution in [0.25, 0.3) is 10.9 Å². The minimum atomic E-state index is 0.277. The van der Waals surface area contributed by atoms with E-state index in [0.717, 1.165) is 49.1 Å². The predicted molar refractivity (Wildman–Crippen MR) is 94.8 cm³/mol. The van der Waals surface area contributed by atoms with Gasteiger partial charge in [-0.15, -0.1) is 0 Å². The molecule has 126 valence electrons. The Bertz CT molecular complexity index is 749. The van der Waals surface area contributed by atoms with Crippen LogP contribution >= 0.6 is 0 Å². The number of fused-ring (bicyclic) bond motifs is 1. The summed E-state index contributed by atoms with van der Waals surface area (Å²) in [7, 11) is 1.98. The van der Waals surface area contributed by atoms with E-state index in [9.17, 15) is 4.79 Å². The van der Waals surface area contributed by atoms with Gasteiger partial charge < -0.3 is 9.80 Å². The Balaban J connectivity index is 1.45. The summed E-state index contributed by atoms with van der Waals surface area (Å²) in [6.07, 6.45) is 4.71. The number of rotatable bonds is 3. The fraction of sp³-hybridized carbons (Fsp3) is 0.526. The largest absolute Gasteiger partial charge is 0.356 e. The Labute approximate surface area is 142 Å². The average Bonchev–Trinajstić information content (AvgIpc) is 3.37. The highest BCUT2D eigenvalue weighted by atomic mass is 16.2. The number of anilines is 1. The van der Waals surface area contributed by atoms with Crippen LogP contribution < -0.4 is 4.90 Å². The second-order valence-corrected chi connectivity index (χ2v) is 7.20. The molecule has 2 aromatic rings. The van der Waals surface area contributed by atoms with Gasteiger partial charge in [0.1, 0.15) is 12.1 Å². The molecule has 2 atom stereocenters. The number of piperidine rings is 1. The second-order valence-electron chi connectivity index (χ2n) is 7.20. The van der Waals surface area contributed by atoms with Crippen molar-refractivity contribution in [3.05, 3.63) is 30.6 Å². The van der Waals surface area contributed by atoms with Crippen molar-refractivity contribution in [2.45, 2.75) is 32.2 Å². The molecule has 1 aliphatic carbocycles. The Kier molecular flexibility index (Phi) is 3.87. The molecule has 2 fully saturated rings. The fourth-order valence-electron chi connectivity index (χ4n) is 3.82. The highest BCUT2D eigenvalue weighted by molar-refractivity contribution is 5.89. The van der Waals surface area contributed by atoms with Gasteiger partial charge in [0.05, 0.1) is 5.52 Å². The molecule has 1 amide bonds. The maximum absolute atomic E-state index is 12.4. The van der Waals surface area contributed by atoms with Crippen LogP contribution in [0.2, 0.25) is 0 Å². The van der Waals surface area contributed by atoms with Gasteiger partial charge in [0.25, 0.3) is 0 Å².